The lowest BCUT2D eigenvalue weighted by molar-refractivity contribution is -0.216. The molecule has 0 aromatic heterocycles. The predicted octanol–water partition coefficient (Wildman–Crippen LogP) is 2.48. The maximum absolute atomic E-state index is 12.4. The highest BCUT2D eigenvalue weighted by molar-refractivity contribution is 5.67. The highest BCUT2D eigenvalue weighted by Gasteiger charge is 2.40. The summed E-state index contributed by atoms with van der Waals surface area (Å²) in [5.41, 5.74) is -0.747. The second-order valence-electron chi connectivity index (χ2n) is 4.37. The molecule has 0 fully saturated rings. The van der Waals surface area contributed by atoms with Crippen LogP contribution in [0, 0.1) is 0 Å². The number of ether oxygens (including phenoxy) is 2. The number of rotatable bonds is 4. The summed E-state index contributed by atoms with van der Waals surface area (Å²) < 4.78 is 46.4. The van der Waals surface area contributed by atoms with Gasteiger partial charge in [0.15, 0.2) is 6.10 Å². The van der Waals surface area contributed by atoms with Crippen molar-refractivity contribution in [2.45, 2.75) is 45.6 Å². The van der Waals surface area contributed by atoms with Crippen molar-refractivity contribution in [2.75, 3.05) is 13.2 Å². The monoisotopic (exact) mass is 257 g/mol. The first-order valence-corrected chi connectivity index (χ1v) is 5.21. The molecule has 102 valence electrons. The zero-order chi connectivity index (χ0) is 13.7. The van der Waals surface area contributed by atoms with Gasteiger partial charge in [-0.2, -0.15) is 13.2 Å². The number of carbonyl (C=O) groups is 1. The molecule has 7 heteroatoms. The Morgan fingerprint density at radius 2 is 1.82 bits per heavy atom. The lowest BCUT2D eigenvalue weighted by Crippen LogP contribution is -2.44. The summed E-state index contributed by atoms with van der Waals surface area (Å²) in [5.74, 6) is 0. The molecule has 0 aromatic carbocycles. The normalized spacial score (nSPS) is 14.3. The summed E-state index contributed by atoms with van der Waals surface area (Å²) in [6, 6.07) is 0. The van der Waals surface area contributed by atoms with Crippen LogP contribution in [-0.4, -0.2) is 37.1 Å². The zero-order valence-corrected chi connectivity index (χ0v) is 10.4. The lowest BCUT2D eigenvalue weighted by Gasteiger charge is -2.23. The number of carbonyl (C=O) groups excluding carboxylic acids is 1. The van der Waals surface area contributed by atoms with Crippen molar-refractivity contribution < 1.29 is 27.4 Å². The Hall–Kier alpha value is -0.980. The van der Waals surface area contributed by atoms with E-state index in [4.69, 9.17) is 4.74 Å². The Labute approximate surface area is 98.5 Å². The van der Waals surface area contributed by atoms with Crippen molar-refractivity contribution in [2.24, 2.45) is 0 Å². The quantitative estimate of drug-likeness (QED) is 0.841. The van der Waals surface area contributed by atoms with Gasteiger partial charge in [-0.05, 0) is 27.7 Å². The summed E-state index contributed by atoms with van der Waals surface area (Å²) in [4.78, 5) is 11.1. The van der Waals surface area contributed by atoms with E-state index < -0.39 is 30.5 Å². The van der Waals surface area contributed by atoms with Gasteiger partial charge in [0.25, 0.3) is 0 Å². The maximum atomic E-state index is 12.4. The van der Waals surface area contributed by atoms with E-state index in [0.717, 1.165) is 0 Å². The molecule has 0 bridgehead atoms. The third kappa shape index (κ3) is 7.84. The third-order valence-electron chi connectivity index (χ3n) is 1.56. The van der Waals surface area contributed by atoms with Crippen LogP contribution in [0.2, 0.25) is 0 Å². The second kappa shape index (κ2) is 6.09. The Bertz CT molecular complexity index is 248. The van der Waals surface area contributed by atoms with E-state index in [-0.39, 0.29) is 6.61 Å². The van der Waals surface area contributed by atoms with E-state index in [0.29, 0.717) is 0 Å². The van der Waals surface area contributed by atoms with Crippen LogP contribution in [0.3, 0.4) is 0 Å². The Balaban J connectivity index is 4.18. The molecular weight excluding hydrogens is 239 g/mol. The highest BCUT2D eigenvalue weighted by Crippen LogP contribution is 2.22. The average molecular weight is 257 g/mol. The molecule has 0 heterocycles. The molecule has 0 saturated heterocycles. The zero-order valence-electron chi connectivity index (χ0n) is 10.4. The van der Waals surface area contributed by atoms with Gasteiger partial charge in [0.2, 0.25) is 0 Å². The number of nitrogens with one attached hydrogen (secondary N) is 1. The van der Waals surface area contributed by atoms with E-state index in [9.17, 15) is 18.0 Å². The molecule has 0 aliphatic carbocycles. The number of hydrogen-bond donors (Lipinski definition) is 1. The largest absolute Gasteiger partial charge is 0.444 e. The van der Waals surface area contributed by atoms with Gasteiger partial charge >= 0.3 is 12.3 Å². The Kier molecular flexibility index (Phi) is 5.74. The van der Waals surface area contributed by atoms with E-state index in [1.54, 1.807) is 20.8 Å². The first-order chi connectivity index (χ1) is 7.56. The fourth-order valence-corrected chi connectivity index (χ4v) is 0.961. The summed E-state index contributed by atoms with van der Waals surface area (Å²) >= 11 is 0. The molecule has 4 nitrogen and oxygen atoms in total. The van der Waals surface area contributed by atoms with E-state index in [1.807, 2.05) is 5.32 Å². The van der Waals surface area contributed by atoms with Gasteiger partial charge in [0, 0.05) is 6.61 Å². The molecule has 1 atom stereocenters. The minimum atomic E-state index is -4.51. The highest BCUT2D eigenvalue weighted by atomic mass is 19.4. The van der Waals surface area contributed by atoms with Crippen LogP contribution in [0.25, 0.3) is 0 Å². The van der Waals surface area contributed by atoms with Crippen LogP contribution in [-0.2, 0) is 9.47 Å². The average Bonchev–Trinajstić information content (AvgIpc) is 2.07. The summed E-state index contributed by atoms with van der Waals surface area (Å²) in [6.45, 7) is 5.57. The van der Waals surface area contributed by atoms with Gasteiger partial charge in [-0.25, -0.2) is 4.79 Å². The molecule has 1 amide bonds. The number of halogens is 3. The van der Waals surface area contributed by atoms with Crippen molar-refractivity contribution in [1.82, 2.24) is 5.32 Å². The molecule has 1 N–H and O–H groups in total. The lowest BCUT2D eigenvalue weighted by atomic mass is 10.2. The smallest absolute Gasteiger partial charge is 0.416 e. The van der Waals surface area contributed by atoms with E-state index in [1.165, 1.54) is 6.92 Å². The van der Waals surface area contributed by atoms with Gasteiger partial charge in [-0.15, -0.1) is 0 Å². The first kappa shape index (κ1) is 16.0. The predicted molar refractivity (Wildman–Crippen MR) is 55.7 cm³/mol. The number of amides is 1. The molecule has 17 heavy (non-hydrogen) atoms. The van der Waals surface area contributed by atoms with Gasteiger partial charge in [0.05, 0.1) is 6.54 Å². The standard InChI is InChI=1S/C10H18F3NO3/c1-5-16-7(10(11,12)13)6-14-8(15)17-9(2,3)4/h7H,5-6H2,1-4H3,(H,14,15)/t7-/m0/s1. The van der Waals surface area contributed by atoms with Crippen molar-refractivity contribution in [3.05, 3.63) is 0 Å². The molecular formula is C10H18F3NO3. The second-order valence-corrected chi connectivity index (χ2v) is 4.37. The van der Waals surface area contributed by atoms with Gasteiger partial charge in [0.1, 0.15) is 5.60 Å². The van der Waals surface area contributed by atoms with Gasteiger partial charge in [-0.3, -0.25) is 0 Å². The third-order valence-corrected chi connectivity index (χ3v) is 1.56. The minimum Gasteiger partial charge on any atom is -0.444 e. The maximum Gasteiger partial charge on any atom is 0.416 e. The topological polar surface area (TPSA) is 47.6 Å². The van der Waals surface area contributed by atoms with Crippen molar-refractivity contribution in [3.63, 3.8) is 0 Å². The molecule has 0 spiro atoms. The van der Waals surface area contributed by atoms with E-state index >= 15 is 0 Å². The molecule has 0 rings (SSSR count). The van der Waals surface area contributed by atoms with Crippen LogP contribution in [0.5, 0.6) is 0 Å². The van der Waals surface area contributed by atoms with Gasteiger partial charge < -0.3 is 14.8 Å². The SMILES string of the molecule is CCO[C@@H](CNC(=O)OC(C)(C)C)C(F)(F)F. The summed E-state index contributed by atoms with van der Waals surface area (Å²) in [5, 5.41) is 2.02. The van der Waals surface area contributed by atoms with Gasteiger partial charge in [-0.1, -0.05) is 0 Å². The molecule has 0 aliphatic rings. The molecule has 0 unspecified atom stereocenters. The molecule has 0 radical (unpaired) electrons. The van der Waals surface area contributed by atoms with Crippen LogP contribution in [0.4, 0.5) is 18.0 Å². The van der Waals surface area contributed by atoms with Crippen LogP contribution in [0.1, 0.15) is 27.7 Å². The Morgan fingerprint density at radius 3 is 2.18 bits per heavy atom. The number of alkyl carbamates (subject to hydrolysis) is 1. The minimum absolute atomic E-state index is 0.0832. The Morgan fingerprint density at radius 1 is 1.29 bits per heavy atom. The fraction of sp³-hybridized carbons (Fsp3) is 0.900. The molecule has 0 aliphatic heterocycles. The van der Waals surface area contributed by atoms with Crippen molar-refractivity contribution in [3.8, 4) is 0 Å². The van der Waals surface area contributed by atoms with Crippen molar-refractivity contribution >= 4 is 6.09 Å². The molecule has 0 saturated carbocycles. The van der Waals surface area contributed by atoms with E-state index in [2.05, 4.69) is 4.74 Å². The van der Waals surface area contributed by atoms with Crippen LogP contribution in [0.15, 0.2) is 0 Å². The van der Waals surface area contributed by atoms with Crippen LogP contribution < -0.4 is 5.32 Å². The van der Waals surface area contributed by atoms with Crippen LogP contribution >= 0.6 is 0 Å². The fourth-order valence-electron chi connectivity index (χ4n) is 0.961. The number of hydrogen-bond acceptors (Lipinski definition) is 3. The summed E-state index contributed by atoms with van der Waals surface area (Å²) in [6.07, 6.45) is -7.42. The van der Waals surface area contributed by atoms with Crippen molar-refractivity contribution in [1.29, 1.82) is 0 Å². The summed E-state index contributed by atoms with van der Waals surface area (Å²) in [7, 11) is 0. The number of alkyl halides is 3. The molecule has 0 aromatic rings. The first-order valence-electron chi connectivity index (χ1n) is 5.21.